The third kappa shape index (κ3) is 1.62. The largest absolute Gasteiger partial charge is 0.465 e. The molecule has 0 unspecified atom stereocenters. The summed E-state index contributed by atoms with van der Waals surface area (Å²) in [7, 11) is 1.13. The summed E-state index contributed by atoms with van der Waals surface area (Å²) in [6.45, 7) is 0. The van der Waals surface area contributed by atoms with Crippen molar-refractivity contribution in [2.45, 2.75) is 0 Å². The van der Waals surface area contributed by atoms with Crippen LogP contribution in [0, 0.1) is 17.1 Å². The molecule has 0 aliphatic heterocycles. The number of nitrogens with zero attached hydrogens (tertiary/aromatic N) is 2. The fourth-order valence-corrected chi connectivity index (χ4v) is 0.789. The lowest BCUT2D eigenvalue weighted by molar-refractivity contribution is 0.0595. The van der Waals surface area contributed by atoms with Gasteiger partial charge in [0.05, 0.1) is 12.7 Å². The van der Waals surface area contributed by atoms with Crippen molar-refractivity contribution in [3.05, 3.63) is 29.3 Å². The van der Waals surface area contributed by atoms with E-state index >= 15 is 0 Å². The lowest BCUT2D eigenvalue weighted by Crippen LogP contribution is -2.06. The first kappa shape index (κ1) is 9.13. The molecule has 0 saturated carbocycles. The summed E-state index contributed by atoms with van der Waals surface area (Å²) in [5, 5.41) is 8.39. The normalized spacial score (nSPS) is 9.00. The van der Waals surface area contributed by atoms with Crippen molar-refractivity contribution in [2.24, 2.45) is 0 Å². The number of ether oxygens (including phenoxy) is 1. The van der Waals surface area contributed by atoms with Crippen LogP contribution in [0.25, 0.3) is 0 Å². The maximum atomic E-state index is 13.1. The van der Waals surface area contributed by atoms with Crippen LogP contribution < -0.4 is 0 Å². The third-order valence-electron chi connectivity index (χ3n) is 1.40. The molecule has 0 N–H and O–H groups in total. The highest BCUT2D eigenvalue weighted by molar-refractivity contribution is 5.89. The second-order valence-electron chi connectivity index (χ2n) is 2.12. The second kappa shape index (κ2) is 3.63. The van der Waals surface area contributed by atoms with Crippen LogP contribution in [-0.2, 0) is 4.74 Å². The minimum atomic E-state index is -0.947. The van der Waals surface area contributed by atoms with Gasteiger partial charge < -0.3 is 4.74 Å². The van der Waals surface area contributed by atoms with Gasteiger partial charge in [0, 0.05) is 6.20 Å². The molecule has 4 nitrogen and oxygen atoms in total. The van der Waals surface area contributed by atoms with Gasteiger partial charge in [0.1, 0.15) is 6.07 Å². The lowest BCUT2D eigenvalue weighted by atomic mass is 10.2. The van der Waals surface area contributed by atoms with E-state index in [-0.39, 0.29) is 5.56 Å². The van der Waals surface area contributed by atoms with E-state index in [2.05, 4.69) is 9.72 Å². The smallest absolute Gasteiger partial charge is 0.341 e. The van der Waals surface area contributed by atoms with Gasteiger partial charge in [0.2, 0.25) is 0 Å². The molecule has 0 aliphatic rings. The molecule has 0 saturated heterocycles. The molecule has 1 aromatic rings. The van der Waals surface area contributed by atoms with Crippen LogP contribution in [0.5, 0.6) is 0 Å². The van der Waals surface area contributed by atoms with Crippen LogP contribution in [0.1, 0.15) is 16.1 Å². The van der Waals surface area contributed by atoms with Crippen LogP contribution in [-0.4, -0.2) is 18.1 Å². The zero-order valence-corrected chi connectivity index (χ0v) is 6.74. The molecular weight excluding hydrogens is 175 g/mol. The molecular formula is C8H5FN2O2. The van der Waals surface area contributed by atoms with E-state index in [4.69, 9.17) is 5.26 Å². The number of aromatic nitrogens is 1. The van der Waals surface area contributed by atoms with Gasteiger partial charge in [0.25, 0.3) is 0 Å². The first-order valence-corrected chi connectivity index (χ1v) is 3.33. The predicted octanol–water partition coefficient (Wildman–Crippen LogP) is 0.879. The van der Waals surface area contributed by atoms with E-state index in [0.29, 0.717) is 0 Å². The Labute approximate surface area is 73.6 Å². The van der Waals surface area contributed by atoms with E-state index in [1.54, 1.807) is 0 Å². The van der Waals surface area contributed by atoms with Gasteiger partial charge in [-0.3, -0.25) is 0 Å². The minimum Gasteiger partial charge on any atom is -0.465 e. The van der Waals surface area contributed by atoms with Gasteiger partial charge >= 0.3 is 5.97 Å². The Bertz CT molecular complexity index is 384. The molecule has 0 aliphatic carbocycles. The molecule has 13 heavy (non-hydrogen) atoms. The lowest BCUT2D eigenvalue weighted by Gasteiger charge is -2.00. The number of methoxy groups -OCH3 is 1. The SMILES string of the molecule is COC(=O)c1ccnc(C#N)c1F. The molecule has 0 fully saturated rings. The number of halogens is 1. The monoisotopic (exact) mass is 180 g/mol. The van der Waals surface area contributed by atoms with Gasteiger partial charge in [-0.05, 0) is 6.07 Å². The Balaban J connectivity index is 3.25. The predicted molar refractivity (Wildman–Crippen MR) is 40.2 cm³/mol. The van der Waals surface area contributed by atoms with Crippen LogP contribution in [0.15, 0.2) is 12.3 Å². The van der Waals surface area contributed by atoms with Crippen LogP contribution >= 0.6 is 0 Å². The molecule has 66 valence electrons. The fourth-order valence-electron chi connectivity index (χ4n) is 0.789. The number of rotatable bonds is 1. The summed E-state index contributed by atoms with van der Waals surface area (Å²) in [5.74, 6) is -1.77. The average molecular weight is 180 g/mol. The van der Waals surface area contributed by atoms with Crippen molar-refractivity contribution in [1.82, 2.24) is 4.98 Å². The minimum absolute atomic E-state index is 0.283. The van der Waals surface area contributed by atoms with E-state index < -0.39 is 17.5 Å². The van der Waals surface area contributed by atoms with Crippen molar-refractivity contribution in [2.75, 3.05) is 7.11 Å². The molecule has 0 aromatic carbocycles. The maximum Gasteiger partial charge on any atom is 0.341 e. The van der Waals surface area contributed by atoms with Gasteiger partial charge in [-0.1, -0.05) is 0 Å². The van der Waals surface area contributed by atoms with Crippen molar-refractivity contribution >= 4 is 5.97 Å². The summed E-state index contributed by atoms with van der Waals surface area (Å²) in [4.78, 5) is 14.3. The Hall–Kier alpha value is -1.96. The van der Waals surface area contributed by atoms with Crippen LogP contribution in [0.4, 0.5) is 4.39 Å². The Morgan fingerprint density at radius 1 is 1.77 bits per heavy atom. The number of carbonyl (C=O) groups is 1. The van der Waals surface area contributed by atoms with E-state index in [9.17, 15) is 9.18 Å². The molecule has 5 heteroatoms. The molecule has 1 rings (SSSR count). The topological polar surface area (TPSA) is 63.0 Å². The van der Waals surface area contributed by atoms with Crippen LogP contribution in [0.2, 0.25) is 0 Å². The van der Waals surface area contributed by atoms with Gasteiger partial charge in [-0.25, -0.2) is 14.2 Å². The standard InChI is InChI=1S/C8H5FN2O2/c1-13-8(12)5-2-3-11-6(4-10)7(5)9/h2-3H,1H3. The molecule has 0 spiro atoms. The molecule has 0 bridgehead atoms. The van der Waals surface area contributed by atoms with Crippen molar-refractivity contribution in [3.8, 4) is 6.07 Å². The van der Waals surface area contributed by atoms with Gasteiger partial charge in [-0.15, -0.1) is 0 Å². The highest BCUT2D eigenvalue weighted by atomic mass is 19.1. The number of hydrogen-bond donors (Lipinski definition) is 0. The fraction of sp³-hybridized carbons (Fsp3) is 0.125. The van der Waals surface area contributed by atoms with Gasteiger partial charge in [-0.2, -0.15) is 5.26 Å². The number of esters is 1. The summed E-state index contributed by atoms with van der Waals surface area (Å²) >= 11 is 0. The zero-order chi connectivity index (χ0) is 9.84. The number of hydrogen-bond acceptors (Lipinski definition) is 4. The Morgan fingerprint density at radius 2 is 2.46 bits per heavy atom. The Morgan fingerprint density at radius 3 is 3.00 bits per heavy atom. The quantitative estimate of drug-likeness (QED) is 0.602. The number of carbonyl (C=O) groups excluding carboxylic acids is 1. The van der Waals surface area contributed by atoms with Crippen molar-refractivity contribution in [3.63, 3.8) is 0 Å². The van der Waals surface area contributed by atoms with Crippen molar-refractivity contribution < 1.29 is 13.9 Å². The first-order chi connectivity index (χ1) is 6.20. The maximum absolute atomic E-state index is 13.1. The van der Waals surface area contributed by atoms with E-state index in [1.165, 1.54) is 12.3 Å². The summed E-state index contributed by atoms with van der Waals surface area (Å²) in [5.41, 5.74) is -0.697. The Kier molecular flexibility index (Phi) is 2.55. The second-order valence-corrected chi connectivity index (χ2v) is 2.12. The highest BCUT2D eigenvalue weighted by Gasteiger charge is 2.15. The third-order valence-corrected chi connectivity index (χ3v) is 1.40. The summed E-state index contributed by atoms with van der Waals surface area (Å²) < 4.78 is 17.4. The number of pyridine rings is 1. The number of nitriles is 1. The highest BCUT2D eigenvalue weighted by Crippen LogP contribution is 2.10. The molecule has 1 aromatic heterocycles. The van der Waals surface area contributed by atoms with Gasteiger partial charge in [0.15, 0.2) is 11.5 Å². The zero-order valence-electron chi connectivity index (χ0n) is 6.74. The molecule has 0 radical (unpaired) electrons. The molecule has 0 atom stereocenters. The van der Waals surface area contributed by atoms with Crippen LogP contribution in [0.3, 0.4) is 0 Å². The molecule has 1 heterocycles. The van der Waals surface area contributed by atoms with E-state index in [0.717, 1.165) is 13.2 Å². The summed E-state index contributed by atoms with van der Waals surface area (Å²) in [6.07, 6.45) is 1.17. The van der Waals surface area contributed by atoms with E-state index in [1.807, 2.05) is 0 Å². The molecule has 0 amide bonds. The average Bonchev–Trinajstić information content (AvgIpc) is 2.17. The summed E-state index contributed by atoms with van der Waals surface area (Å²) in [6, 6.07) is 2.68. The van der Waals surface area contributed by atoms with Crippen molar-refractivity contribution in [1.29, 1.82) is 5.26 Å². The first-order valence-electron chi connectivity index (χ1n) is 3.33.